The third-order valence-corrected chi connectivity index (χ3v) is 4.20. The Hall–Kier alpha value is -0.450. The number of aliphatic hydroxyl groups is 1. The average molecular weight is 330 g/mol. The summed E-state index contributed by atoms with van der Waals surface area (Å²) in [5, 5.41) is 13.7. The first kappa shape index (κ1) is 14.9. The standard InChI is InChI=1S/C15H21BrFNO/c16-13-7-12(8-14(17)9-13)10-18-11-15(19)5-3-1-2-4-6-15/h7-9,18-19H,1-6,10-11H2. The van der Waals surface area contributed by atoms with Gasteiger partial charge in [0.25, 0.3) is 0 Å². The Balaban J connectivity index is 1.85. The fraction of sp³-hybridized carbons (Fsp3) is 0.600. The van der Waals surface area contributed by atoms with Crippen LogP contribution in [0.25, 0.3) is 0 Å². The van der Waals surface area contributed by atoms with Crippen LogP contribution in [-0.2, 0) is 6.54 Å². The first-order chi connectivity index (χ1) is 9.07. The molecular weight excluding hydrogens is 309 g/mol. The molecule has 106 valence electrons. The molecule has 0 bridgehead atoms. The Morgan fingerprint density at radius 1 is 1.16 bits per heavy atom. The molecule has 1 aliphatic rings. The molecule has 0 heterocycles. The predicted molar refractivity (Wildman–Crippen MR) is 78.5 cm³/mol. The third-order valence-electron chi connectivity index (χ3n) is 3.74. The molecule has 2 nitrogen and oxygen atoms in total. The zero-order valence-electron chi connectivity index (χ0n) is 11.1. The highest BCUT2D eigenvalue weighted by atomic mass is 79.9. The van der Waals surface area contributed by atoms with Crippen LogP contribution in [0.15, 0.2) is 22.7 Å². The maximum absolute atomic E-state index is 13.2. The number of nitrogens with one attached hydrogen (secondary N) is 1. The van der Waals surface area contributed by atoms with E-state index in [4.69, 9.17) is 0 Å². The van der Waals surface area contributed by atoms with Crippen molar-refractivity contribution in [1.82, 2.24) is 5.32 Å². The first-order valence-electron chi connectivity index (χ1n) is 6.95. The molecule has 0 unspecified atom stereocenters. The van der Waals surface area contributed by atoms with Gasteiger partial charge in [0, 0.05) is 17.6 Å². The van der Waals surface area contributed by atoms with Crippen molar-refractivity contribution in [3.8, 4) is 0 Å². The highest BCUT2D eigenvalue weighted by Crippen LogP contribution is 2.26. The van der Waals surface area contributed by atoms with Crippen LogP contribution >= 0.6 is 15.9 Å². The SMILES string of the molecule is OC1(CNCc2cc(F)cc(Br)c2)CCCCCC1. The fourth-order valence-corrected chi connectivity index (χ4v) is 3.23. The van der Waals surface area contributed by atoms with Gasteiger partial charge in [-0.05, 0) is 36.6 Å². The molecule has 0 saturated heterocycles. The average Bonchev–Trinajstić information content (AvgIpc) is 2.53. The minimum Gasteiger partial charge on any atom is -0.389 e. The van der Waals surface area contributed by atoms with Gasteiger partial charge in [-0.15, -0.1) is 0 Å². The summed E-state index contributed by atoms with van der Waals surface area (Å²) in [6, 6.07) is 4.87. The monoisotopic (exact) mass is 329 g/mol. The Morgan fingerprint density at radius 3 is 2.47 bits per heavy atom. The van der Waals surface area contributed by atoms with E-state index in [1.165, 1.54) is 25.0 Å². The van der Waals surface area contributed by atoms with Crippen LogP contribution in [0.5, 0.6) is 0 Å². The minimum absolute atomic E-state index is 0.237. The summed E-state index contributed by atoms with van der Waals surface area (Å²) in [4.78, 5) is 0. The van der Waals surface area contributed by atoms with Gasteiger partial charge < -0.3 is 10.4 Å². The lowest BCUT2D eigenvalue weighted by Gasteiger charge is -2.27. The Bertz CT molecular complexity index is 396. The number of benzene rings is 1. The molecule has 0 aromatic heterocycles. The molecule has 2 N–H and O–H groups in total. The van der Waals surface area contributed by atoms with E-state index in [1.54, 1.807) is 0 Å². The lowest BCUT2D eigenvalue weighted by molar-refractivity contribution is 0.0250. The summed E-state index contributed by atoms with van der Waals surface area (Å²) >= 11 is 3.29. The molecule has 2 rings (SSSR count). The van der Waals surface area contributed by atoms with E-state index in [9.17, 15) is 9.50 Å². The van der Waals surface area contributed by atoms with E-state index in [0.717, 1.165) is 35.7 Å². The van der Waals surface area contributed by atoms with Crippen molar-refractivity contribution in [3.63, 3.8) is 0 Å². The van der Waals surface area contributed by atoms with Gasteiger partial charge in [-0.1, -0.05) is 41.6 Å². The van der Waals surface area contributed by atoms with Crippen LogP contribution in [0.1, 0.15) is 44.1 Å². The van der Waals surface area contributed by atoms with E-state index >= 15 is 0 Å². The second-order valence-electron chi connectivity index (χ2n) is 5.52. The van der Waals surface area contributed by atoms with Crippen molar-refractivity contribution in [2.75, 3.05) is 6.54 Å². The number of hydrogen-bond acceptors (Lipinski definition) is 2. The molecular formula is C15H21BrFNO. The quantitative estimate of drug-likeness (QED) is 0.824. The summed E-state index contributed by atoms with van der Waals surface area (Å²) in [6.45, 7) is 1.17. The Morgan fingerprint density at radius 2 is 1.84 bits per heavy atom. The van der Waals surface area contributed by atoms with Gasteiger partial charge in [0.1, 0.15) is 5.82 Å². The van der Waals surface area contributed by atoms with Crippen molar-refractivity contribution in [1.29, 1.82) is 0 Å². The second kappa shape index (κ2) is 6.82. The van der Waals surface area contributed by atoms with E-state index in [1.807, 2.05) is 6.07 Å². The van der Waals surface area contributed by atoms with Crippen LogP contribution in [0.4, 0.5) is 4.39 Å². The molecule has 1 aliphatic carbocycles. The normalized spacial score (nSPS) is 19.1. The van der Waals surface area contributed by atoms with Crippen LogP contribution in [0.2, 0.25) is 0 Å². The number of hydrogen-bond donors (Lipinski definition) is 2. The highest BCUT2D eigenvalue weighted by molar-refractivity contribution is 9.10. The molecule has 0 radical (unpaired) electrons. The zero-order chi connectivity index (χ0) is 13.7. The van der Waals surface area contributed by atoms with Crippen LogP contribution in [0, 0.1) is 5.82 Å². The van der Waals surface area contributed by atoms with Crippen molar-refractivity contribution < 1.29 is 9.50 Å². The number of halogens is 2. The van der Waals surface area contributed by atoms with Crippen LogP contribution in [-0.4, -0.2) is 17.3 Å². The smallest absolute Gasteiger partial charge is 0.124 e. The molecule has 1 saturated carbocycles. The van der Waals surface area contributed by atoms with Gasteiger partial charge in [-0.25, -0.2) is 4.39 Å². The van der Waals surface area contributed by atoms with Crippen LogP contribution < -0.4 is 5.32 Å². The maximum atomic E-state index is 13.2. The zero-order valence-corrected chi connectivity index (χ0v) is 12.7. The summed E-state index contributed by atoms with van der Waals surface area (Å²) in [5.74, 6) is -0.237. The van der Waals surface area contributed by atoms with Crippen molar-refractivity contribution >= 4 is 15.9 Å². The van der Waals surface area contributed by atoms with E-state index in [2.05, 4.69) is 21.2 Å². The Labute approximate surface area is 122 Å². The van der Waals surface area contributed by atoms with Crippen LogP contribution in [0.3, 0.4) is 0 Å². The Kier molecular flexibility index (Phi) is 5.37. The molecule has 1 aromatic rings. The molecule has 0 aliphatic heterocycles. The van der Waals surface area contributed by atoms with E-state index < -0.39 is 5.60 Å². The van der Waals surface area contributed by atoms with Crippen molar-refractivity contribution in [2.24, 2.45) is 0 Å². The predicted octanol–water partition coefficient (Wildman–Crippen LogP) is 3.76. The van der Waals surface area contributed by atoms with Gasteiger partial charge >= 0.3 is 0 Å². The first-order valence-corrected chi connectivity index (χ1v) is 7.75. The maximum Gasteiger partial charge on any atom is 0.124 e. The summed E-state index contributed by atoms with van der Waals surface area (Å²) in [6.07, 6.45) is 6.38. The summed E-state index contributed by atoms with van der Waals surface area (Å²) < 4.78 is 14.0. The molecule has 1 aromatic carbocycles. The fourth-order valence-electron chi connectivity index (χ4n) is 2.72. The highest BCUT2D eigenvalue weighted by Gasteiger charge is 2.27. The molecule has 19 heavy (non-hydrogen) atoms. The molecule has 0 amide bonds. The van der Waals surface area contributed by atoms with Gasteiger partial charge in [-0.2, -0.15) is 0 Å². The van der Waals surface area contributed by atoms with Gasteiger partial charge in [0.2, 0.25) is 0 Å². The number of rotatable bonds is 4. The van der Waals surface area contributed by atoms with Gasteiger partial charge in [0.15, 0.2) is 0 Å². The van der Waals surface area contributed by atoms with E-state index in [0.29, 0.717) is 13.1 Å². The van der Waals surface area contributed by atoms with Gasteiger partial charge in [0.05, 0.1) is 5.60 Å². The third kappa shape index (κ3) is 4.86. The molecule has 0 spiro atoms. The summed E-state index contributed by atoms with van der Waals surface area (Å²) in [5.41, 5.74) is 0.310. The molecule has 1 fully saturated rings. The minimum atomic E-state index is -0.582. The molecule has 4 heteroatoms. The summed E-state index contributed by atoms with van der Waals surface area (Å²) in [7, 11) is 0. The second-order valence-corrected chi connectivity index (χ2v) is 6.44. The van der Waals surface area contributed by atoms with Gasteiger partial charge in [-0.3, -0.25) is 0 Å². The largest absolute Gasteiger partial charge is 0.389 e. The topological polar surface area (TPSA) is 32.3 Å². The van der Waals surface area contributed by atoms with Crippen molar-refractivity contribution in [2.45, 2.75) is 50.7 Å². The van der Waals surface area contributed by atoms with E-state index in [-0.39, 0.29) is 5.82 Å². The lowest BCUT2D eigenvalue weighted by atomic mass is 9.94. The molecule has 0 atom stereocenters. The van der Waals surface area contributed by atoms with Crippen molar-refractivity contribution in [3.05, 3.63) is 34.1 Å². The lowest BCUT2D eigenvalue weighted by Crippen LogP contribution is -2.39.